The molecule has 8 rings (SSSR count). The van der Waals surface area contributed by atoms with Crippen molar-refractivity contribution in [3.8, 4) is 45.9 Å². The fourth-order valence-electron chi connectivity index (χ4n) is 5.12. The van der Waals surface area contributed by atoms with E-state index in [1.54, 1.807) is 146 Å². The first kappa shape index (κ1) is 58.0. The number of benzene rings is 6. The predicted octanol–water partition coefficient (Wildman–Crippen LogP) is 4.59. The van der Waals surface area contributed by atoms with Gasteiger partial charge in [-0.1, -0.05) is 145 Å². The van der Waals surface area contributed by atoms with E-state index in [4.69, 9.17) is 10.2 Å². The third-order valence-corrected chi connectivity index (χ3v) is 8.29. The quantitative estimate of drug-likeness (QED) is 0.0971. The Balaban J connectivity index is 0.000000438. The van der Waals surface area contributed by atoms with E-state index in [0.29, 0.717) is 54.6 Å². The number of rotatable bonds is 7. The zero-order valence-corrected chi connectivity index (χ0v) is 38.5. The SMILES string of the molecule is CO.CO.[Fe+3].[Fe+3].[O-][n+]1ccccc1-c1cccc[n+]1[O-].[O-]c1ccccc1C=Nc1ccccc1[O-].[O-]c1ccccc1C=Nc1ccccc1[O-].[O-]c1ccccc1C=Nc1ccccc1[O-]. The molecule has 6 aromatic carbocycles. The van der Waals surface area contributed by atoms with Crippen molar-refractivity contribution in [2.45, 2.75) is 0 Å². The van der Waals surface area contributed by atoms with Gasteiger partial charge in [0.25, 0.3) is 11.4 Å². The summed E-state index contributed by atoms with van der Waals surface area (Å²) in [6.07, 6.45) is 6.97. The maximum absolute atomic E-state index is 11.4. The molecule has 0 aliphatic heterocycles. The van der Waals surface area contributed by atoms with Gasteiger partial charge in [0.05, 0.1) is 17.1 Å². The molecule has 15 nitrogen and oxygen atoms in total. The van der Waals surface area contributed by atoms with Gasteiger partial charge in [0.15, 0.2) is 12.4 Å². The molecule has 2 aromatic heterocycles. The third kappa shape index (κ3) is 19.2. The number of hydrogen-bond acceptors (Lipinski definition) is 13. The Morgan fingerprint density at radius 2 is 0.544 bits per heavy atom. The van der Waals surface area contributed by atoms with Gasteiger partial charge < -0.3 is 51.3 Å². The van der Waals surface area contributed by atoms with Crippen LogP contribution < -0.4 is 40.1 Å². The summed E-state index contributed by atoms with van der Waals surface area (Å²) in [7, 11) is 2.00. The second-order valence-corrected chi connectivity index (χ2v) is 12.6. The standard InChI is InChI=1S/3C13H11NO2.C10H8N2O2.2CH4O.2Fe/c3*15-12-7-3-1-5-10(12)9-14-11-6-2-4-8-13(11)16;13-11-7-3-1-5-9(11)10-6-2-4-8-12(10)14;2*1-2;;/h3*1-9,15-16H;1-8H;2*2H,1H3;;/q;;;;;;2*+3/p-6. The molecule has 0 saturated heterocycles. The van der Waals surface area contributed by atoms with Gasteiger partial charge in [-0.3, -0.25) is 15.0 Å². The van der Waals surface area contributed by atoms with E-state index in [1.165, 1.54) is 67.4 Å². The molecule has 0 fully saturated rings. The minimum absolute atomic E-state index is 0. The zero-order chi connectivity index (χ0) is 48.1. The smallest absolute Gasteiger partial charge is 0.872 e. The van der Waals surface area contributed by atoms with Crippen molar-refractivity contribution in [1.82, 2.24) is 0 Å². The fraction of sp³-hybridized carbons (Fsp3) is 0.0392. The average molecular weight is 998 g/mol. The molecular weight excluding hydrogens is 954 g/mol. The number of aromatic nitrogens is 2. The summed E-state index contributed by atoms with van der Waals surface area (Å²) in [5, 5.41) is 105. The Hall–Kier alpha value is -8.01. The fourth-order valence-corrected chi connectivity index (χ4v) is 5.12. The minimum atomic E-state index is -0.151. The first-order chi connectivity index (χ1) is 32.1. The number of pyridine rings is 2. The molecule has 0 unspecified atom stereocenters. The summed E-state index contributed by atoms with van der Waals surface area (Å²) in [5.74, 6) is -0.759. The Morgan fingerprint density at radius 1 is 0.324 bits per heavy atom. The summed E-state index contributed by atoms with van der Waals surface area (Å²) in [4.78, 5) is 12.0. The van der Waals surface area contributed by atoms with Gasteiger partial charge in [0.2, 0.25) is 0 Å². The molecule has 8 aromatic rings. The molecule has 0 aliphatic rings. The van der Waals surface area contributed by atoms with E-state index in [2.05, 4.69) is 15.0 Å². The molecular formula is C51H43Fe2N5O10. The van der Waals surface area contributed by atoms with Gasteiger partial charge in [-0.2, -0.15) is 9.46 Å². The van der Waals surface area contributed by atoms with Crippen molar-refractivity contribution >= 4 is 35.7 Å². The van der Waals surface area contributed by atoms with E-state index in [0.717, 1.165) is 14.2 Å². The van der Waals surface area contributed by atoms with Crippen molar-refractivity contribution in [3.05, 3.63) is 221 Å². The van der Waals surface area contributed by atoms with Crippen LogP contribution >= 0.6 is 0 Å². The normalized spacial score (nSPS) is 9.82. The summed E-state index contributed by atoms with van der Waals surface area (Å²) in [6.45, 7) is 0. The second-order valence-electron chi connectivity index (χ2n) is 12.6. The van der Waals surface area contributed by atoms with Crippen LogP contribution in [0.1, 0.15) is 16.7 Å². The Morgan fingerprint density at radius 3 is 0.779 bits per heavy atom. The Kier molecular flexibility index (Phi) is 27.8. The number of aliphatic hydroxyl groups is 2. The van der Waals surface area contributed by atoms with E-state index in [9.17, 15) is 41.1 Å². The van der Waals surface area contributed by atoms with Crippen LogP contribution in [0.2, 0.25) is 0 Å². The van der Waals surface area contributed by atoms with Gasteiger partial charge in [-0.05, 0) is 47.0 Å². The monoisotopic (exact) mass is 997 g/mol. The molecule has 0 bridgehead atoms. The number of nitrogens with zero attached hydrogens (tertiary/aromatic N) is 5. The topological polar surface area (TPSA) is 270 Å². The number of hydrogen-bond donors (Lipinski definition) is 2. The number of para-hydroxylation sites is 9. The van der Waals surface area contributed by atoms with Crippen molar-refractivity contribution in [1.29, 1.82) is 0 Å². The maximum Gasteiger partial charge on any atom is 3.00 e. The van der Waals surface area contributed by atoms with Gasteiger partial charge in [-0.15, -0.1) is 17.2 Å². The van der Waals surface area contributed by atoms with Gasteiger partial charge in [0, 0.05) is 57.1 Å². The average Bonchev–Trinajstić information content (AvgIpc) is 3.34. The van der Waals surface area contributed by atoms with Crippen LogP contribution in [0.5, 0.6) is 34.5 Å². The molecule has 0 amide bonds. The van der Waals surface area contributed by atoms with Crippen molar-refractivity contribution < 1.29 is 84.5 Å². The second kappa shape index (κ2) is 32.6. The summed E-state index contributed by atoms with van der Waals surface area (Å²) < 4.78 is 1.34. The predicted molar refractivity (Wildman–Crippen MR) is 243 cm³/mol. The molecule has 0 saturated carbocycles. The van der Waals surface area contributed by atoms with Gasteiger partial charge in [-0.25, -0.2) is 0 Å². The molecule has 2 N–H and O–H groups in total. The van der Waals surface area contributed by atoms with Crippen LogP contribution in [-0.4, -0.2) is 43.1 Å². The van der Waals surface area contributed by atoms with Crippen LogP contribution in [0, 0.1) is 10.4 Å². The summed E-state index contributed by atoms with van der Waals surface area (Å²) >= 11 is 0. The van der Waals surface area contributed by atoms with Crippen molar-refractivity contribution in [3.63, 3.8) is 0 Å². The number of aliphatic hydroxyl groups excluding tert-OH is 2. The van der Waals surface area contributed by atoms with E-state index in [-0.39, 0.29) is 68.6 Å². The van der Waals surface area contributed by atoms with E-state index < -0.39 is 0 Å². The maximum atomic E-state index is 11.4. The molecule has 0 spiro atoms. The molecule has 17 heteroatoms. The summed E-state index contributed by atoms with van der Waals surface area (Å²) in [5.41, 5.74) is 3.15. The van der Waals surface area contributed by atoms with Crippen molar-refractivity contribution in [2.75, 3.05) is 14.2 Å². The first-order valence-corrected chi connectivity index (χ1v) is 19.6. The van der Waals surface area contributed by atoms with Gasteiger partial charge >= 0.3 is 34.1 Å². The van der Waals surface area contributed by atoms with Crippen LogP contribution in [0.15, 0.2) is 209 Å². The summed E-state index contributed by atoms with van der Waals surface area (Å²) in [6, 6.07) is 48.9. The van der Waals surface area contributed by atoms with Crippen molar-refractivity contribution in [2.24, 2.45) is 15.0 Å². The Labute approximate surface area is 414 Å². The van der Waals surface area contributed by atoms with Crippen LogP contribution in [0.4, 0.5) is 17.1 Å². The third-order valence-electron chi connectivity index (χ3n) is 8.29. The van der Waals surface area contributed by atoms with Gasteiger partial charge in [0.1, 0.15) is 0 Å². The molecule has 0 atom stereocenters. The van der Waals surface area contributed by atoms with E-state index >= 15 is 0 Å². The zero-order valence-electron chi connectivity index (χ0n) is 36.3. The van der Waals surface area contributed by atoms with Crippen LogP contribution in [0.25, 0.3) is 11.4 Å². The molecule has 2 radical (unpaired) electrons. The molecule has 68 heavy (non-hydrogen) atoms. The van der Waals surface area contributed by atoms with Crippen LogP contribution in [-0.2, 0) is 34.1 Å². The van der Waals surface area contributed by atoms with E-state index in [1.807, 2.05) is 0 Å². The minimum Gasteiger partial charge on any atom is -0.872 e. The number of aliphatic imine (C=N–C) groups is 3. The molecule has 2 heterocycles. The first-order valence-electron chi connectivity index (χ1n) is 19.6. The Bertz CT molecular complexity index is 2380. The largest absolute Gasteiger partial charge is 3.00 e. The molecule has 348 valence electrons. The molecule has 0 aliphatic carbocycles. The van der Waals surface area contributed by atoms with Crippen LogP contribution in [0.3, 0.4) is 0 Å².